The van der Waals surface area contributed by atoms with Crippen molar-refractivity contribution in [2.24, 2.45) is 0 Å². The molecule has 0 spiro atoms. The summed E-state index contributed by atoms with van der Waals surface area (Å²) in [6.45, 7) is 5.91. The lowest BCUT2D eigenvalue weighted by atomic mass is 9.71. The van der Waals surface area contributed by atoms with Gasteiger partial charge in [-0.1, -0.05) is 66.7 Å². The molecule has 1 aliphatic heterocycles. The normalized spacial score (nSPS) is 18.8. The Morgan fingerprint density at radius 3 is 2.30 bits per heavy atom. The molecule has 6 nitrogen and oxygen atoms in total. The van der Waals surface area contributed by atoms with Crippen molar-refractivity contribution in [3.8, 4) is 11.5 Å². The first-order valence-corrected chi connectivity index (χ1v) is 13.7. The Labute approximate surface area is 235 Å². The van der Waals surface area contributed by atoms with Crippen molar-refractivity contribution in [3.05, 3.63) is 118 Å². The lowest BCUT2D eigenvalue weighted by Gasteiger charge is -2.37. The van der Waals surface area contributed by atoms with Gasteiger partial charge in [0.05, 0.1) is 18.8 Å². The quantitative estimate of drug-likeness (QED) is 0.327. The van der Waals surface area contributed by atoms with Crippen LogP contribution in [-0.2, 0) is 20.9 Å². The van der Waals surface area contributed by atoms with E-state index in [-0.39, 0.29) is 17.8 Å². The molecule has 0 saturated heterocycles. The van der Waals surface area contributed by atoms with Gasteiger partial charge in [0, 0.05) is 29.3 Å². The summed E-state index contributed by atoms with van der Waals surface area (Å²) in [5.41, 5.74) is 5.57. The highest BCUT2D eigenvalue weighted by Crippen LogP contribution is 2.47. The summed E-state index contributed by atoms with van der Waals surface area (Å²) in [6, 6.07) is 25.6. The minimum Gasteiger partial charge on any atom is -0.493 e. The van der Waals surface area contributed by atoms with Crippen molar-refractivity contribution in [1.29, 1.82) is 0 Å². The number of hydrogen-bond donors (Lipinski definition) is 1. The highest BCUT2D eigenvalue weighted by Gasteiger charge is 2.41. The predicted molar refractivity (Wildman–Crippen MR) is 154 cm³/mol. The summed E-state index contributed by atoms with van der Waals surface area (Å²) in [7, 11) is 1.59. The van der Waals surface area contributed by atoms with E-state index in [4.69, 9.17) is 14.2 Å². The Hall–Kier alpha value is -4.32. The lowest BCUT2D eigenvalue weighted by Crippen LogP contribution is -2.36. The van der Waals surface area contributed by atoms with Crippen molar-refractivity contribution in [2.45, 2.75) is 58.2 Å². The minimum absolute atomic E-state index is 0.0262. The number of ether oxygens (including phenoxy) is 3. The topological polar surface area (TPSA) is 73.9 Å². The maximum absolute atomic E-state index is 13.8. The Balaban J connectivity index is 1.54. The molecule has 3 aromatic carbocycles. The fourth-order valence-electron chi connectivity index (χ4n) is 5.60. The average molecular weight is 538 g/mol. The van der Waals surface area contributed by atoms with E-state index in [2.05, 4.69) is 17.4 Å². The predicted octanol–water partition coefficient (Wildman–Crippen LogP) is 6.59. The highest BCUT2D eigenvalue weighted by atomic mass is 16.5. The van der Waals surface area contributed by atoms with Gasteiger partial charge < -0.3 is 19.5 Å². The number of allylic oxidation sites excluding steroid dienone is 3. The Morgan fingerprint density at radius 2 is 1.62 bits per heavy atom. The first-order chi connectivity index (χ1) is 19.4. The van der Waals surface area contributed by atoms with E-state index in [9.17, 15) is 9.59 Å². The van der Waals surface area contributed by atoms with Crippen molar-refractivity contribution >= 4 is 11.8 Å². The summed E-state index contributed by atoms with van der Waals surface area (Å²) in [5, 5.41) is 3.41. The minimum atomic E-state index is -0.580. The monoisotopic (exact) mass is 537 g/mol. The van der Waals surface area contributed by atoms with Crippen molar-refractivity contribution in [3.63, 3.8) is 0 Å². The van der Waals surface area contributed by atoms with E-state index >= 15 is 0 Å². The molecule has 2 aliphatic rings. The van der Waals surface area contributed by atoms with Crippen LogP contribution in [-0.4, -0.2) is 25.0 Å². The fraction of sp³-hybridized carbons (Fsp3) is 0.294. The van der Waals surface area contributed by atoms with Gasteiger partial charge in [-0.15, -0.1) is 0 Å². The molecule has 6 heteroatoms. The van der Waals surface area contributed by atoms with Crippen LogP contribution in [0.15, 0.2) is 101 Å². The maximum atomic E-state index is 13.8. The summed E-state index contributed by atoms with van der Waals surface area (Å²) < 4.78 is 17.5. The SMILES string of the molecule is COc1cc([C@@H]2C(C(=O)OC(C)C)=C(C)NC3=C2C(=O)C[C@H](c2ccccc2)C3)ccc1OCc1ccccc1. The molecule has 0 fully saturated rings. The standard InChI is InChI=1S/C34H35NO5/c1-21(2)40-34(37)31-22(3)35-27-17-26(24-13-9-6-10-14-24)18-28(36)33(27)32(31)25-15-16-29(30(19-25)38-4)39-20-23-11-7-5-8-12-23/h5-16,19,21,26,32,35H,17-18,20H2,1-4H3/t26-,32-/m1/s1. The molecule has 0 amide bonds. The van der Waals surface area contributed by atoms with E-state index in [0.717, 1.165) is 22.4 Å². The Bertz CT molecular complexity index is 1460. The molecule has 1 N–H and O–H groups in total. The number of carbonyl (C=O) groups excluding carboxylic acids is 2. The molecular formula is C34H35NO5. The number of rotatable bonds is 8. The molecule has 1 aliphatic carbocycles. The summed E-state index contributed by atoms with van der Waals surface area (Å²) >= 11 is 0. The van der Waals surface area contributed by atoms with Gasteiger partial charge in [0.25, 0.3) is 0 Å². The van der Waals surface area contributed by atoms with E-state index in [1.165, 1.54) is 0 Å². The van der Waals surface area contributed by atoms with Crippen LogP contribution in [0.5, 0.6) is 11.5 Å². The zero-order valence-electron chi connectivity index (χ0n) is 23.4. The van der Waals surface area contributed by atoms with Crippen LogP contribution in [0.25, 0.3) is 0 Å². The molecule has 3 aromatic rings. The zero-order valence-corrected chi connectivity index (χ0v) is 23.4. The molecule has 1 heterocycles. The van der Waals surface area contributed by atoms with Crippen LogP contribution in [0.4, 0.5) is 0 Å². The first-order valence-electron chi connectivity index (χ1n) is 13.7. The molecule has 5 rings (SSSR count). The van der Waals surface area contributed by atoms with Crippen LogP contribution in [0.3, 0.4) is 0 Å². The lowest BCUT2D eigenvalue weighted by molar-refractivity contribution is -0.143. The van der Waals surface area contributed by atoms with Crippen LogP contribution in [0, 0.1) is 0 Å². The van der Waals surface area contributed by atoms with Gasteiger partial charge in [0.15, 0.2) is 17.3 Å². The van der Waals surface area contributed by atoms with Crippen LogP contribution >= 0.6 is 0 Å². The second-order valence-electron chi connectivity index (χ2n) is 10.6. The Morgan fingerprint density at radius 1 is 0.925 bits per heavy atom. The maximum Gasteiger partial charge on any atom is 0.337 e. The number of ketones is 1. The molecule has 206 valence electrons. The molecule has 0 unspecified atom stereocenters. The summed E-state index contributed by atoms with van der Waals surface area (Å²) in [6.07, 6.45) is 0.764. The molecule has 0 saturated carbocycles. The number of esters is 1. The van der Waals surface area contributed by atoms with Gasteiger partial charge in [-0.3, -0.25) is 4.79 Å². The van der Waals surface area contributed by atoms with E-state index < -0.39 is 11.9 Å². The summed E-state index contributed by atoms with van der Waals surface area (Å²) in [4.78, 5) is 27.3. The molecular weight excluding hydrogens is 502 g/mol. The smallest absolute Gasteiger partial charge is 0.337 e. The number of carbonyl (C=O) groups is 2. The molecule has 0 aromatic heterocycles. The third kappa shape index (κ3) is 5.67. The average Bonchev–Trinajstić information content (AvgIpc) is 2.95. The second kappa shape index (κ2) is 11.8. The zero-order chi connectivity index (χ0) is 28.2. The van der Waals surface area contributed by atoms with Crippen molar-refractivity contribution in [1.82, 2.24) is 5.32 Å². The van der Waals surface area contributed by atoms with E-state index in [0.29, 0.717) is 47.8 Å². The van der Waals surface area contributed by atoms with Gasteiger partial charge in [0.2, 0.25) is 0 Å². The molecule has 0 radical (unpaired) electrons. The number of dihydropyridines is 1. The first kappa shape index (κ1) is 27.3. The van der Waals surface area contributed by atoms with Gasteiger partial charge in [0.1, 0.15) is 6.61 Å². The highest BCUT2D eigenvalue weighted by molar-refractivity contribution is 6.04. The molecule has 2 atom stereocenters. The largest absolute Gasteiger partial charge is 0.493 e. The fourth-order valence-corrected chi connectivity index (χ4v) is 5.60. The second-order valence-corrected chi connectivity index (χ2v) is 10.6. The van der Waals surface area contributed by atoms with Crippen LogP contribution in [0.2, 0.25) is 0 Å². The Kier molecular flexibility index (Phi) is 8.06. The molecule has 40 heavy (non-hydrogen) atoms. The number of nitrogens with one attached hydrogen (secondary N) is 1. The number of methoxy groups -OCH3 is 1. The molecule has 0 bridgehead atoms. The number of hydrogen-bond acceptors (Lipinski definition) is 6. The van der Waals surface area contributed by atoms with Crippen molar-refractivity contribution in [2.75, 3.05) is 7.11 Å². The van der Waals surface area contributed by atoms with Crippen LogP contribution < -0.4 is 14.8 Å². The van der Waals surface area contributed by atoms with Gasteiger partial charge in [-0.2, -0.15) is 0 Å². The van der Waals surface area contributed by atoms with E-state index in [1.807, 2.05) is 87.5 Å². The van der Waals surface area contributed by atoms with Crippen LogP contribution in [0.1, 0.15) is 62.1 Å². The van der Waals surface area contributed by atoms with Gasteiger partial charge in [-0.25, -0.2) is 4.79 Å². The van der Waals surface area contributed by atoms with Gasteiger partial charge >= 0.3 is 5.97 Å². The van der Waals surface area contributed by atoms with E-state index in [1.54, 1.807) is 7.11 Å². The van der Waals surface area contributed by atoms with Gasteiger partial charge in [-0.05, 0) is 61.9 Å². The third-order valence-corrected chi connectivity index (χ3v) is 7.42. The van der Waals surface area contributed by atoms with Crippen molar-refractivity contribution < 1.29 is 23.8 Å². The third-order valence-electron chi connectivity index (χ3n) is 7.42. The summed E-state index contributed by atoms with van der Waals surface area (Å²) in [5.74, 6) is 0.207. The number of Topliss-reactive ketones (excluding diaryl/α,β-unsaturated/α-hetero) is 1. The number of benzene rings is 3.